The van der Waals surface area contributed by atoms with Gasteiger partial charge in [0.25, 0.3) is 17.7 Å². The molecule has 4 rings (SSSR count). The Labute approximate surface area is 189 Å². The molecule has 172 valence electrons. The number of nitrogens with zero attached hydrogens (tertiary/aromatic N) is 4. The largest absolute Gasteiger partial charge is 0.488 e. The molecule has 0 unspecified atom stereocenters. The van der Waals surface area contributed by atoms with E-state index in [-0.39, 0.29) is 18.4 Å². The van der Waals surface area contributed by atoms with Crippen molar-refractivity contribution >= 4 is 5.91 Å². The monoisotopic (exact) mass is 455 g/mol. The van der Waals surface area contributed by atoms with Crippen LogP contribution in [0.25, 0.3) is 11.4 Å². The van der Waals surface area contributed by atoms with Gasteiger partial charge in [0.2, 0.25) is 0 Å². The molecule has 0 spiro atoms. The van der Waals surface area contributed by atoms with Crippen LogP contribution in [0.15, 0.2) is 49.2 Å². The average molecular weight is 455 g/mol. The van der Waals surface area contributed by atoms with Crippen molar-refractivity contribution in [3.8, 4) is 28.8 Å². The van der Waals surface area contributed by atoms with E-state index in [2.05, 4.69) is 25.3 Å². The first kappa shape index (κ1) is 22.5. The predicted octanol–water partition coefficient (Wildman–Crippen LogP) is 4.43. The Kier molecular flexibility index (Phi) is 6.71. The minimum atomic E-state index is -2.91. The highest BCUT2D eigenvalue weighted by molar-refractivity contribution is 5.94. The summed E-state index contributed by atoms with van der Waals surface area (Å²) in [5.74, 6) is -2.03. The minimum absolute atomic E-state index is 0.107. The summed E-state index contributed by atoms with van der Waals surface area (Å²) in [6.07, 6.45) is 8.40. The highest BCUT2D eigenvalue weighted by Gasteiger charge is 2.42. The van der Waals surface area contributed by atoms with Crippen molar-refractivity contribution in [3.63, 3.8) is 0 Å². The van der Waals surface area contributed by atoms with Gasteiger partial charge < -0.3 is 14.8 Å². The molecule has 0 radical (unpaired) electrons. The van der Waals surface area contributed by atoms with Crippen LogP contribution in [0.5, 0.6) is 17.4 Å². The number of carbonyl (C=O) groups is 1. The first-order chi connectivity index (χ1) is 16.0. The summed E-state index contributed by atoms with van der Waals surface area (Å²) in [7, 11) is 0. The molecule has 33 heavy (non-hydrogen) atoms. The number of amides is 1. The molecule has 8 nitrogen and oxygen atoms in total. The predicted molar refractivity (Wildman–Crippen MR) is 115 cm³/mol. The molecule has 0 bridgehead atoms. The van der Waals surface area contributed by atoms with Crippen LogP contribution in [0.2, 0.25) is 0 Å². The zero-order valence-electron chi connectivity index (χ0n) is 18.0. The summed E-state index contributed by atoms with van der Waals surface area (Å²) in [5, 5.41) is 2.42. The number of aromatic nitrogens is 4. The van der Waals surface area contributed by atoms with Crippen molar-refractivity contribution in [2.45, 2.75) is 44.6 Å². The molecule has 1 aliphatic carbocycles. The number of hydrogen-bond donors (Lipinski definition) is 1. The third kappa shape index (κ3) is 5.39. The summed E-state index contributed by atoms with van der Waals surface area (Å²) in [5.41, 5.74) is 0.655. The first-order valence-corrected chi connectivity index (χ1v) is 10.7. The Bertz CT molecular complexity index is 1110. The lowest BCUT2D eigenvalue weighted by molar-refractivity contribution is -0.0609. The zero-order chi connectivity index (χ0) is 23.3. The second-order valence-corrected chi connectivity index (χ2v) is 7.58. The van der Waals surface area contributed by atoms with Crippen LogP contribution in [0.4, 0.5) is 8.78 Å². The number of ether oxygens (including phenoxy) is 2. The molecule has 1 amide bonds. The molecule has 1 fully saturated rings. The highest BCUT2D eigenvalue weighted by Crippen LogP contribution is 2.33. The molecular weight excluding hydrogens is 432 g/mol. The Balaban J connectivity index is 1.46. The standard InChI is InChI=1S/C23H23F2N5O3/c1-2-32-18-6-5-9-27-22(18)33-17-10-15(11-26-14-17)20-28-12-16(13-29-20)21(31)30-19-7-3-4-8-23(19,24)25/h5-6,9-14,19H,2-4,7-8H2,1H3,(H,30,31)/t19-/m1/s1. The van der Waals surface area contributed by atoms with Gasteiger partial charge >= 0.3 is 0 Å². The number of hydrogen-bond acceptors (Lipinski definition) is 7. The van der Waals surface area contributed by atoms with E-state index in [1.54, 1.807) is 30.6 Å². The van der Waals surface area contributed by atoms with Crippen LogP contribution in [0.1, 0.15) is 43.0 Å². The lowest BCUT2D eigenvalue weighted by Gasteiger charge is -2.31. The van der Waals surface area contributed by atoms with Crippen LogP contribution in [-0.2, 0) is 0 Å². The van der Waals surface area contributed by atoms with Crippen molar-refractivity contribution in [1.82, 2.24) is 25.3 Å². The molecule has 1 N–H and O–H groups in total. The van der Waals surface area contributed by atoms with Gasteiger partial charge in [0, 0.05) is 36.8 Å². The van der Waals surface area contributed by atoms with E-state index in [0.717, 1.165) is 0 Å². The molecule has 0 aliphatic heterocycles. The summed E-state index contributed by atoms with van der Waals surface area (Å²) in [6, 6.07) is 3.99. The van der Waals surface area contributed by atoms with Crippen molar-refractivity contribution in [1.29, 1.82) is 0 Å². The van der Waals surface area contributed by atoms with Gasteiger partial charge in [-0.25, -0.2) is 23.7 Å². The Hall–Kier alpha value is -3.69. The van der Waals surface area contributed by atoms with Gasteiger partial charge in [-0.1, -0.05) is 6.42 Å². The number of pyridine rings is 2. The van der Waals surface area contributed by atoms with E-state index in [9.17, 15) is 13.6 Å². The Morgan fingerprint density at radius 3 is 2.76 bits per heavy atom. The summed E-state index contributed by atoms with van der Waals surface area (Å²) >= 11 is 0. The van der Waals surface area contributed by atoms with Crippen LogP contribution < -0.4 is 14.8 Å². The lowest BCUT2D eigenvalue weighted by atomic mass is 9.91. The molecule has 1 atom stereocenters. The van der Waals surface area contributed by atoms with Gasteiger partial charge in [0.15, 0.2) is 11.6 Å². The van der Waals surface area contributed by atoms with E-state index in [1.807, 2.05) is 6.92 Å². The second-order valence-electron chi connectivity index (χ2n) is 7.58. The van der Waals surface area contributed by atoms with Crippen molar-refractivity contribution < 1.29 is 23.0 Å². The van der Waals surface area contributed by atoms with E-state index in [4.69, 9.17) is 9.47 Å². The third-order valence-corrected chi connectivity index (χ3v) is 5.20. The molecule has 3 aromatic rings. The van der Waals surface area contributed by atoms with Gasteiger partial charge in [-0.3, -0.25) is 9.78 Å². The van der Waals surface area contributed by atoms with E-state index in [1.165, 1.54) is 18.6 Å². The van der Waals surface area contributed by atoms with E-state index >= 15 is 0 Å². The average Bonchev–Trinajstić information content (AvgIpc) is 2.82. The van der Waals surface area contributed by atoms with E-state index < -0.39 is 17.9 Å². The molecule has 3 aromatic heterocycles. The van der Waals surface area contributed by atoms with Gasteiger partial charge in [0.1, 0.15) is 5.75 Å². The maximum atomic E-state index is 14.0. The SMILES string of the molecule is CCOc1cccnc1Oc1cncc(-c2ncc(C(=O)N[C@@H]3CCCCC3(F)F)cn2)c1. The number of carbonyl (C=O) groups excluding carboxylic acids is 1. The van der Waals surface area contributed by atoms with Crippen LogP contribution in [0.3, 0.4) is 0 Å². The smallest absolute Gasteiger partial charge is 0.267 e. The quantitative estimate of drug-likeness (QED) is 0.563. The first-order valence-electron chi connectivity index (χ1n) is 10.7. The van der Waals surface area contributed by atoms with Gasteiger partial charge in [0.05, 0.1) is 24.4 Å². The Morgan fingerprint density at radius 2 is 2.00 bits per heavy atom. The van der Waals surface area contributed by atoms with Crippen molar-refractivity contribution in [2.75, 3.05) is 6.61 Å². The lowest BCUT2D eigenvalue weighted by Crippen LogP contribution is -2.49. The molecule has 0 aromatic carbocycles. The summed E-state index contributed by atoms with van der Waals surface area (Å²) < 4.78 is 39.3. The van der Waals surface area contributed by atoms with Gasteiger partial charge in [-0.2, -0.15) is 0 Å². The number of halogens is 2. The second kappa shape index (κ2) is 9.85. The van der Waals surface area contributed by atoms with Crippen molar-refractivity contribution in [3.05, 3.63) is 54.7 Å². The maximum absolute atomic E-state index is 14.0. The van der Waals surface area contributed by atoms with Gasteiger partial charge in [-0.15, -0.1) is 0 Å². The Morgan fingerprint density at radius 1 is 1.18 bits per heavy atom. The summed E-state index contributed by atoms with van der Waals surface area (Å²) in [4.78, 5) is 29.1. The molecule has 3 heterocycles. The number of nitrogens with one attached hydrogen (secondary N) is 1. The van der Waals surface area contributed by atoms with Gasteiger partial charge in [-0.05, 0) is 38.0 Å². The maximum Gasteiger partial charge on any atom is 0.267 e. The molecule has 1 aliphatic rings. The van der Waals surface area contributed by atoms with Crippen LogP contribution in [0, 0.1) is 0 Å². The summed E-state index contributed by atoms with van der Waals surface area (Å²) in [6.45, 7) is 2.33. The molecule has 0 saturated heterocycles. The third-order valence-electron chi connectivity index (χ3n) is 5.20. The molecular formula is C23H23F2N5O3. The van der Waals surface area contributed by atoms with Crippen LogP contribution >= 0.6 is 0 Å². The highest BCUT2D eigenvalue weighted by atomic mass is 19.3. The normalized spacial score (nSPS) is 17.2. The van der Waals surface area contributed by atoms with Crippen LogP contribution in [-0.4, -0.2) is 44.4 Å². The fraction of sp³-hybridized carbons (Fsp3) is 0.348. The van der Waals surface area contributed by atoms with E-state index in [0.29, 0.717) is 48.2 Å². The number of rotatable bonds is 7. The minimum Gasteiger partial charge on any atom is -0.488 e. The zero-order valence-corrected chi connectivity index (χ0v) is 18.0. The molecule has 10 heteroatoms. The number of alkyl halides is 2. The topological polar surface area (TPSA) is 99.1 Å². The molecule has 1 saturated carbocycles. The fourth-order valence-electron chi connectivity index (χ4n) is 3.53. The van der Waals surface area contributed by atoms with Crippen molar-refractivity contribution in [2.24, 2.45) is 0 Å². The fourth-order valence-corrected chi connectivity index (χ4v) is 3.53.